The molecule has 0 aromatic heterocycles. The molecule has 0 radical (unpaired) electrons. The summed E-state index contributed by atoms with van der Waals surface area (Å²) in [5.74, 6) is 2.30. The summed E-state index contributed by atoms with van der Waals surface area (Å²) in [5, 5.41) is 8.81. The quantitative estimate of drug-likeness (QED) is 0.397. The van der Waals surface area contributed by atoms with Crippen LogP contribution in [0.3, 0.4) is 0 Å². The van der Waals surface area contributed by atoms with Crippen molar-refractivity contribution in [2.24, 2.45) is 0 Å². The molecule has 4 rings (SSSR count). The summed E-state index contributed by atoms with van der Waals surface area (Å²) in [5.41, 5.74) is 4.33. The first-order valence-corrected chi connectivity index (χ1v) is 11.6. The lowest BCUT2D eigenvalue weighted by molar-refractivity contribution is 0.153. The number of para-hydroxylation sites is 2. The Morgan fingerprint density at radius 1 is 0.788 bits per heavy atom. The molecule has 172 valence electrons. The summed E-state index contributed by atoms with van der Waals surface area (Å²) in [6.07, 6.45) is 0. The van der Waals surface area contributed by atoms with Gasteiger partial charge in [0.25, 0.3) is 0 Å². The van der Waals surface area contributed by atoms with Crippen molar-refractivity contribution < 1.29 is 9.47 Å². The molecule has 5 heteroatoms. The van der Waals surface area contributed by atoms with E-state index in [9.17, 15) is 0 Å². The first-order chi connectivity index (χ1) is 16.1. The van der Waals surface area contributed by atoms with Gasteiger partial charge in [-0.25, -0.2) is 0 Å². The van der Waals surface area contributed by atoms with Crippen molar-refractivity contribution in [1.29, 1.82) is 5.41 Å². The van der Waals surface area contributed by atoms with Crippen molar-refractivity contribution in [3.63, 3.8) is 0 Å². The number of benzene rings is 3. The second-order valence-corrected chi connectivity index (χ2v) is 8.52. The van der Waals surface area contributed by atoms with Gasteiger partial charge in [-0.15, -0.1) is 0 Å². The smallest absolute Gasteiger partial charge is 0.131 e. The Morgan fingerprint density at radius 2 is 1.45 bits per heavy atom. The van der Waals surface area contributed by atoms with Crippen LogP contribution in [-0.2, 0) is 6.61 Å². The van der Waals surface area contributed by atoms with E-state index < -0.39 is 0 Å². The molecule has 33 heavy (non-hydrogen) atoms. The Hall–Kier alpha value is -3.31. The number of aryl methyl sites for hydroxylation is 2. The second-order valence-electron chi connectivity index (χ2n) is 8.52. The predicted octanol–water partition coefficient (Wildman–Crippen LogP) is 4.90. The maximum Gasteiger partial charge on any atom is 0.131 e. The van der Waals surface area contributed by atoms with Gasteiger partial charge >= 0.3 is 0 Å². The van der Waals surface area contributed by atoms with E-state index in [1.54, 1.807) is 0 Å². The van der Waals surface area contributed by atoms with Crippen LogP contribution >= 0.6 is 0 Å². The highest BCUT2D eigenvalue weighted by Crippen LogP contribution is 2.23. The third kappa shape index (κ3) is 5.93. The van der Waals surface area contributed by atoms with E-state index in [0.29, 0.717) is 19.0 Å². The zero-order valence-electron chi connectivity index (χ0n) is 19.6. The molecular formula is C28H33N3O2. The molecule has 1 aliphatic rings. The van der Waals surface area contributed by atoms with Crippen molar-refractivity contribution >= 4 is 5.84 Å². The molecule has 3 aromatic carbocycles. The Bertz CT molecular complexity index is 1040. The van der Waals surface area contributed by atoms with Gasteiger partial charge in [0.15, 0.2) is 0 Å². The number of amidine groups is 1. The molecule has 0 spiro atoms. The average Bonchev–Trinajstić information content (AvgIpc) is 2.85. The van der Waals surface area contributed by atoms with Gasteiger partial charge in [-0.1, -0.05) is 60.7 Å². The molecule has 0 bridgehead atoms. The molecule has 1 saturated heterocycles. The molecular weight excluding hydrogens is 410 g/mol. The first kappa shape index (κ1) is 22.9. The number of nitrogens with one attached hydrogen (secondary N) is 1. The number of nitrogens with zero attached hydrogens (tertiary/aromatic N) is 2. The normalized spacial score (nSPS) is 14.2. The van der Waals surface area contributed by atoms with E-state index >= 15 is 0 Å². The highest BCUT2D eigenvalue weighted by molar-refractivity contribution is 5.99. The second kappa shape index (κ2) is 11.0. The van der Waals surface area contributed by atoms with E-state index in [0.717, 1.165) is 55.3 Å². The van der Waals surface area contributed by atoms with Gasteiger partial charge in [0.2, 0.25) is 0 Å². The maximum atomic E-state index is 8.81. The van der Waals surface area contributed by atoms with Crippen LogP contribution < -0.4 is 9.47 Å². The average molecular weight is 444 g/mol. The Balaban J connectivity index is 1.28. The fourth-order valence-electron chi connectivity index (χ4n) is 4.19. The van der Waals surface area contributed by atoms with Crippen molar-refractivity contribution in [3.8, 4) is 11.5 Å². The third-order valence-corrected chi connectivity index (χ3v) is 6.13. The van der Waals surface area contributed by atoms with Crippen molar-refractivity contribution in [3.05, 3.63) is 95.1 Å². The lowest BCUT2D eigenvalue weighted by Crippen LogP contribution is -2.49. The van der Waals surface area contributed by atoms with Gasteiger partial charge in [0.1, 0.15) is 30.5 Å². The zero-order chi connectivity index (χ0) is 23.0. The fourth-order valence-corrected chi connectivity index (χ4v) is 4.19. The Kier molecular flexibility index (Phi) is 7.63. The SMILES string of the molecule is Cc1cccc(C)c1OCCN1CCN(C(=N)c2ccccc2OCc2ccccc2)CC1. The third-order valence-electron chi connectivity index (χ3n) is 6.13. The molecule has 1 fully saturated rings. The lowest BCUT2D eigenvalue weighted by Gasteiger charge is -2.36. The highest BCUT2D eigenvalue weighted by atomic mass is 16.5. The van der Waals surface area contributed by atoms with E-state index in [1.165, 1.54) is 11.1 Å². The van der Waals surface area contributed by atoms with E-state index in [4.69, 9.17) is 14.9 Å². The molecule has 0 atom stereocenters. The van der Waals surface area contributed by atoms with Crippen LogP contribution in [0.4, 0.5) is 0 Å². The number of ether oxygens (including phenoxy) is 2. The summed E-state index contributed by atoms with van der Waals surface area (Å²) in [7, 11) is 0. The predicted molar refractivity (Wildman–Crippen MR) is 133 cm³/mol. The number of hydrogen-bond acceptors (Lipinski definition) is 4. The number of hydrogen-bond donors (Lipinski definition) is 1. The maximum absolute atomic E-state index is 8.81. The molecule has 1 aliphatic heterocycles. The molecule has 3 aromatic rings. The topological polar surface area (TPSA) is 48.8 Å². The Labute approximate surface area is 197 Å². The largest absolute Gasteiger partial charge is 0.492 e. The van der Waals surface area contributed by atoms with E-state index in [2.05, 4.69) is 54.0 Å². The van der Waals surface area contributed by atoms with Crippen LogP contribution in [0.5, 0.6) is 11.5 Å². The van der Waals surface area contributed by atoms with Gasteiger partial charge in [-0.05, 0) is 42.7 Å². The van der Waals surface area contributed by atoms with Crippen LogP contribution in [-0.4, -0.2) is 55.0 Å². The number of rotatable bonds is 8. The summed E-state index contributed by atoms with van der Waals surface area (Å²) < 4.78 is 12.2. The van der Waals surface area contributed by atoms with Gasteiger partial charge in [0, 0.05) is 32.7 Å². The summed E-state index contributed by atoms with van der Waals surface area (Å²) in [6.45, 7) is 9.76. The first-order valence-electron chi connectivity index (χ1n) is 11.6. The molecule has 1 heterocycles. The standard InChI is InChI=1S/C28H33N3O2/c1-22-9-8-10-23(2)27(22)32-20-19-30-15-17-31(18-16-30)28(29)25-13-6-7-14-26(25)33-21-24-11-4-3-5-12-24/h3-14,29H,15-21H2,1-2H3. The van der Waals surface area contributed by atoms with Gasteiger partial charge in [-0.3, -0.25) is 10.3 Å². The minimum atomic E-state index is 0.499. The minimum absolute atomic E-state index is 0.499. The molecule has 0 saturated carbocycles. The molecule has 0 unspecified atom stereocenters. The molecule has 5 nitrogen and oxygen atoms in total. The fraction of sp³-hybridized carbons (Fsp3) is 0.321. The molecule has 0 amide bonds. The Morgan fingerprint density at radius 3 is 2.18 bits per heavy atom. The van der Waals surface area contributed by atoms with Crippen LogP contribution in [0.1, 0.15) is 22.3 Å². The van der Waals surface area contributed by atoms with Crippen LogP contribution in [0.2, 0.25) is 0 Å². The van der Waals surface area contributed by atoms with Crippen molar-refractivity contribution in [1.82, 2.24) is 9.80 Å². The summed E-state index contributed by atoms with van der Waals surface area (Å²) in [4.78, 5) is 4.56. The van der Waals surface area contributed by atoms with Crippen LogP contribution in [0.15, 0.2) is 72.8 Å². The van der Waals surface area contributed by atoms with E-state index in [-0.39, 0.29) is 0 Å². The van der Waals surface area contributed by atoms with Crippen molar-refractivity contribution in [2.75, 3.05) is 39.3 Å². The molecule has 1 N–H and O–H groups in total. The van der Waals surface area contributed by atoms with Crippen molar-refractivity contribution in [2.45, 2.75) is 20.5 Å². The van der Waals surface area contributed by atoms with Crippen LogP contribution in [0, 0.1) is 19.3 Å². The lowest BCUT2D eigenvalue weighted by atomic mass is 10.1. The summed E-state index contributed by atoms with van der Waals surface area (Å²) in [6, 6.07) is 24.3. The van der Waals surface area contributed by atoms with Gasteiger partial charge in [-0.2, -0.15) is 0 Å². The number of piperazine rings is 1. The van der Waals surface area contributed by atoms with Gasteiger partial charge < -0.3 is 14.4 Å². The molecule has 0 aliphatic carbocycles. The monoisotopic (exact) mass is 443 g/mol. The minimum Gasteiger partial charge on any atom is -0.492 e. The van der Waals surface area contributed by atoms with Gasteiger partial charge in [0.05, 0.1) is 5.56 Å². The summed E-state index contributed by atoms with van der Waals surface area (Å²) >= 11 is 0. The van der Waals surface area contributed by atoms with E-state index in [1.807, 2.05) is 42.5 Å². The highest BCUT2D eigenvalue weighted by Gasteiger charge is 2.22. The zero-order valence-corrected chi connectivity index (χ0v) is 19.6. The van der Waals surface area contributed by atoms with Crippen LogP contribution in [0.25, 0.3) is 0 Å².